The van der Waals surface area contributed by atoms with Gasteiger partial charge in [-0.1, -0.05) is 22.0 Å². The molecule has 2 rings (SSSR count). The van der Waals surface area contributed by atoms with Gasteiger partial charge in [0.25, 0.3) is 5.91 Å². The van der Waals surface area contributed by atoms with E-state index in [9.17, 15) is 4.79 Å². The Balaban J connectivity index is 2.33. The zero-order chi connectivity index (χ0) is 15.2. The largest absolute Gasteiger partial charge is 0.496 e. The smallest absolute Gasteiger partial charge is 0.261 e. The molecule has 1 amide bonds. The van der Waals surface area contributed by atoms with E-state index in [-0.39, 0.29) is 5.91 Å². The lowest BCUT2D eigenvalue weighted by atomic mass is 9.98. The lowest BCUT2D eigenvalue weighted by Crippen LogP contribution is -2.44. The Hall–Kier alpha value is -1.23. The highest BCUT2D eigenvalue weighted by atomic mass is 79.9. The third kappa shape index (κ3) is 3.51. The highest BCUT2D eigenvalue weighted by Gasteiger charge is 2.30. The minimum atomic E-state index is 0.00921. The summed E-state index contributed by atoms with van der Waals surface area (Å²) in [6, 6.07) is 5.74. The molecule has 0 N–H and O–H groups in total. The number of amides is 1. The van der Waals surface area contributed by atoms with Gasteiger partial charge in [-0.3, -0.25) is 4.79 Å². The Bertz CT molecular complexity index is 468. The van der Waals surface area contributed by atoms with Gasteiger partial charge in [-0.05, 0) is 37.8 Å². The summed E-state index contributed by atoms with van der Waals surface area (Å²) in [4.78, 5) is 15.0. The van der Waals surface area contributed by atoms with E-state index >= 15 is 0 Å². The second-order valence-corrected chi connectivity index (χ2v) is 5.96. The van der Waals surface area contributed by atoms with Gasteiger partial charge in [0.1, 0.15) is 17.1 Å². The average molecular weight is 356 g/mol. The van der Waals surface area contributed by atoms with Crippen LogP contribution in [0.5, 0.6) is 11.5 Å². The highest BCUT2D eigenvalue weighted by Crippen LogP contribution is 2.32. The van der Waals surface area contributed by atoms with Crippen LogP contribution in [-0.2, 0) is 0 Å². The molecule has 0 aliphatic carbocycles. The zero-order valence-electron chi connectivity index (χ0n) is 12.6. The predicted molar refractivity (Wildman–Crippen MR) is 86.6 cm³/mol. The molecule has 1 unspecified atom stereocenters. The second-order valence-electron chi connectivity index (χ2n) is 5.16. The van der Waals surface area contributed by atoms with E-state index in [1.165, 1.54) is 6.42 Å². The molecule has 1 heterocycles. The molecule has 1 fully saturated rings. The van der Waals surface area contributed by atoms with Crippen molar-refractivity contribution in [2.75, 3.05) is 26.1 Å². The molecular weight excluding hydrogens is 334 g/mol. The van der Waals surface area contributed by atoms with Crippen molar-refractivity contribution >= 4 is 21.8 Å². The Morgan fingerprint density at radius 2 is 1.95 bits per heavy atom. The molecule has 1 aliphatic rings. The van der Waals surface area contributed by atoms with Crippen molar-refractivity contribution in [3.05, 3.63) is 23.8 Å². The fourth-order valence-corrected chi connectivity index (χ4v) is 3.43. The van der Waals surface area contributed by atoms with Crippen molar-refractivity contribution in [1.82, 2.24) is 4.90 Å². The van der Waals surface area contributed by atoms with E-state index in [4.69, 9.17) is 9.47 Å². The van der Waals surface area contributed by atoms with Gasteiger partial charge < -0.3 is 14.4 Å². The van der Waals surface area contributed by atoms with Gasteiger partial charge in [0, 0.05) is 17.9 Å². The number of alkyl halides is 1. The fraction of sp³-hybridized carbons (Fsp3) is 0.562. The molecule has 0 bridgehead atoms. The van der Waals surface area contributed by atoms with Crippen molar-refractivity contribution in [3.63, 3.8) is 0 Å². The van der Waals surface area contributed by atoms with Crippen LogP contribution in [0, 0.1) is 0 Å². The zero-order valence-corrected chi connectivity index (χ0v) is 14.2. The molecule has 4 nitrogen and oxygen atoms in total. The van der Waals surface area contributed by atoms with E-state index < -0.39 is 0 Å². The van der Waals surface area contributed by atoms with E-state index in [1.54, 1.807) is 26.4 Å². The van der Waals surface area contributed by atoms with Crippen LogP contribution in [0.25, 0.3) is 0 Å². The first kappa shape index (κ1) is 16.1. The van der Waals surface area contributed by atoms with Crippen LogP contribution in [0.4, 0.5) is 0 Å². The third-order valence-electron chi connectivity index (χ3n) is 3.97. The molecule has 1 aliphatic heterocycles. The molecule has 1 saturated heterocycles. The first-order valence-corrected chi connectivity index (χ1v) is 8.43. The van der Waals surface area contributed by atoms with Crippen molar-refractivity contribution in [2.45, 2.75) is 31.7 Å². The van der Waals surface area contributed by atoms with E-state index in [1.807, 2.05) is 11.0 Å². The minimum Gasteiger partial charge on any atom is -0.496 e. The summed E-state index contributed by atoms with van der Waals surface area (Å²) >= 11 is 3.49. The van der Waals surface area contributed by atoms with Gasteiger partial charge in [0.2, 0.25) is 0 Å². The van der Waals surface area contributed by atoms with Crippen molar-refractivity contribution in [3.8, 4) is 11.5 Å². The summed E-state index contributed by atoms with van der Waals surface area (Å²) in [6.07, 6.45) is 4.28. The maximum atomic E-state index is 13.0. The Morgan fingerprint density at radius 1 is 1.29 bits per heavy atom. The maximum absolute atomic E-state index is 13.0. The van der Waals surface area contributed by atoms with Gasteiger partial charge in [-0.25, -0.2) is 0 Å². The molecule has 0 spiro atoms. The summed E-state index contributed by atoms with van der Waals surface area (Å²) < 4.78 is 10.7. The minimum absolute atomic E-state index is 0.00921. The SMILES string of the molecule is COc1cccc(OC)c1C(=O)N1CCCCC1CCBr. The third-order valence-corrected chi connectivity index (χ3v) is 4.43. The summed E-state index contributed by atoms with van der Waals surface area (Å²) in [5.41, 5.74) is 0.531. The number of carbonyl (C=O) groups is 1. The molecule has 1 atom stereocenters. The lowest BCUT2D eigenvalue weighted by molar-refractivity contribution is 0.0603. The van der Waals surface area contributed by atoms with Crippen LogP contribution in [0.3, 0.4) is 0 Å². The molecule has 1 aromatic carbocycles. The first-order chi connectivity index (χ1) is 10.2. The van der Waals surface area contributed by atoms with E-state index in [0.29, 0.717) is 23.1 Å². The Morgan fingerprint density at radius 3 is 2.52 bits per heavy atom. The van der Waals surface area contributed by atoms with Crippen LogP contribution in [0.2, 0.25) is 0 Å². The topological polar surface area (TPSA) is 38.8 Å². The van der Waals surface area contributed by atoms with Gasteiger partial charge in [0.05, 0.1) is 14.2 Å². The average Bonchev–Trinajstić information content (AvgIpc) is 2.54. The van der Waals surface area contributed by atoms with Crippen molar-refractivity contribution in [2.24, 2.45) is 0 Å². The van der Waals surface area contributed by atoms with E-state index in [0.717, 1.165) is 31.1 Å². The van der Waals surface area contributed by atoms with Crippen LogP contribution >= 0.6 is 15.9 Å². The van der Waals surface area contributed by atoms with Gasteiger partial charge in [0.15, 0.2) is 0 Å². The number of methoxy groups -OCH3 is 2. The molecule has 21 heavy (non-hydrogen) atoms. The molecule has 0 saturated carbocycles. The lowest BCUT2D eigenvalue weighted by Gasteiger charge is -2.36. The maximum Gasteiger partial charge on any atom is 0.261 e. The number of carbonyl (C=O) groups excluding carboxylic acids is 1. The van der Waals surface area contributed by atoms with Crippen molar-refractivity contribution < 1.29 is 14.3 Å². The second kappa shape index (κ2) is 7.69. The number of ether oxygens (including phenoxy) is 2. The molecule has 0 aromatic heterocycles. The standard InChI is InChI=1S/C16H22BrNO3/c1-20-13-7-5-8-14(21-2)15(13)16(19)18-11-4-3-6-12(18)9-10-17/h5,7-8,12H,3-4,6,9-11H2,1-2H3. The molecular formula is C16H22BrNO3. The van der Waals surface area contributed by atoms with Crippen LogP contribution in [0.1, 0.15) is 36.0 Å². The molecule has 5 heteroatoms. The number of piperidine rings is 1. The summed E-state index contributed by atoms with van der Waals surface area (Å²) in [7, 11) is 3.16. The number of nitrogens with zero attached hydrogens (tertiary/aromatic N) is 1. The van der Waals surface area contributed by atoms with Gasteiger partial charge in [-0.2, -0.15) is 0 Å². The normalized spacial score (nSPS) is 18.4. The first-order valence-electron chi connectivity index (χ1n) is 7.30. The highest BCUT2D eigenvalue weighted by molar-refractivity contribution is 9.09. The van der Waals surface area contributed by atoms with Gasteiger partial charge in [-0.15, -0.1) is 0 Å². The molecule has 116 valence electrons. The van der Waals surface area contributed by atoms with Crippen LogP contribution in [0.15, 0.2) is 18.2 Å². The predicted octanol–water partition coefficient (Wildman–Crippen LogP) is 3.48. The monoisotopic (exact) mass is 355 g/mol. The fourth-order valence-electron chi connectivity index (χ4n) is 2.90. The number of hydrogen-bond donors (Lipinski definition) is 0. The van der Waals surface area contributed by atoms with Crippen LogP contribution < -0.4 is 9.47 Å². The van der Waals surface area contributed by atoms with Gasteiger partial charge >= 0.3 is 0 Å². The number of rotatable bonds is 5. The number of likely N-dealkylation sites (tertiary alicyclic amines) is 1. The summed E-state index contributed by atoms with van der Waals surface area (Å²) in [5, 5.41) is 0.907. The molecule has 0 radical (unpaired) electrons. The Labute approximate surface area is 134 Å². The summed E-state index contributed by atoms with van der Waals surface area (Å²) in [6.45, 7) is 0.803. The van der Waals surface area contributed by atoms with E-state index in [2.05, 4.69) is 15.9 Å². The summed E-state index contributed by atoms with van der Waals surface area (Å²) in [5.74, 6) is 1.15. The van der Waals surface area contributed by atoms with Crippen molar-refractivity contribution in [1.29, 1.82) is 0 Å². The number of halogens is 1. The molecule has 1 aromatic rings. The quantitative estimate of drug-likeness (QED) is 0.759. The Kier molecular flexibility index (Phi) is 5.91. The number of benzene rings is 1. The number of hydrogen-bond acceptors (Lipinski definition) is 3. The van der Waals surface area contributed by atoms with Crippen LogP contribution in [-0.4, -0.2) is 42.9 Å².